The Hall–Kier alpha value is -1.95. The largest absolute Gasteiger partial charge is 0.341 e. The number of carbonyl (C=O) groups is 1. The lowest BCUT2D eigenvalue weighted by Crippen LogP contribution is -2.34. The molecule has 0 bridgehead atoms. The molecular weight excluding hydrogens is 314 g/mol. The lowest BCUT2D eigenvalue weighted by molar-refractivity contribution is 0.0799. The Labute approximate surface area is 148 Å². The van der Waals surface area contributed by atoms with Gasteiger partial charge in [-0.1, -0.05) is 0 Å². The molecule has 0 N–H and O–H groups in total. The summed E-state index contributed by atoms with van der Waals surface area (Å²) in [7, 11) is 1.80. The molecule has 2 aromatic rings. The van der Waals surface area contributed by atoms with Crippen LogP contribution in [0.2, 0.25) is 0 Å². The molecule has 2 fully saturated rings. The van der Waals surface area contributed by atoms with Crippen molar-refractivity contribution in [2.45, 2.75) is 38.5 Å². The third-order valence-electron chi connectivity index (χ3n) is 5.71. The summed E-state index contributed by atoms with van der Waals surface area (Å²) < 4.78 is 2.03. The first kappa shape index (κ1) is 16.5. The molecule has 134 valence electrons. The molecule has 1 aliphatic carbocycles. The van der Waals surface area contributed by atoms with Gasteiger partial charge in [0.2, 0.25) is 0 Å². The predicted octanol–water partition coefficient (Wildman–Crippen LogP) is 2.41. The molecule has 1 amide bonds. The minimum atomic E-state index is -0.0612. The number of rotatable bonds is 5. The summed E-state index contributed by atoms with van der Waals surface area (Å²) in [6.45, 7) is 6.25. The molecule has 0 atom stereocenters. The highest BCUT2D eigenvalue weighted by molar-refractivity contribution is 5.97. The van der Waals surface area contributed by atoms with Crippen LogP contribution in [-0.4, -0.2) is 63.3 Å². The number of piperidine rings is 1. The molecule has 1 aliphatic heterocycles. The van der Waals surface area contributed by atoms with E-state index in [0.717, 1.165) is 5.92 Å². The zero-order valence-corrected chi connectivity index (χ0v) is 15.2. The fourth-order valence-corrected chi connectivity index (χ4v) is 3.80. The molecular formula is C19H27N5O. The van der Waals surface area contributed by atoms with Gasteiger partial charge in [-0.15, -0.1) is 0 Å². The maximum Gasteiger partial charge on any atom is 0.276 e. The van der Waals surface area contributed by atoms with Crippen LogP contribution < -0.4 is 0 Å². The number of carbonyl (C=O) groups excluding carboxylic acids is 1. The van der Waals surface area contributed by atoms with Gasteiger partial charge < -0.3 is 9.80 Å². The maximum atomic E-state index is 12.5. The van der Waals surface area contributed by atoms with E-state index < -0.39 is 0 Å². The second-order valence-electron chi connectivity index (χ2n) is 7.49. The summed E-state index contributed by atoms with van der Waals surface area (Å²) in [5.74, 6) is 1.41. The summed E-state index contributed by atoms with van der Waals surface area (Å²) in [5.41, 5.74) is 2.38. The molecule has 3 heterocycles. The zero-order chi connectivity index (χ0) is 17.4. The molecule has 0 unspecified atom stereocenters. The highest BCUT2D eigenvalue weighted by Crippen LogP contribution is 2.33. The molecule has 4 rings (SSSR count). The minimum absolute atomic E-state index is 0.0612. The second kappa shape index (κ2) is 6.75. The minimum Gasteiger partial charge on any atom is -0.341 e. The van der Waals surface area contributed by atoms with Gasteiger partial charge in [-0.2, -0.15) is 0 Å². The fraction of sp³-hybridized carbons (Fsp3) is 0.632. The number of likely N-dealkylation sites (tertiary alicyclic amines) is 1. The molecule has 25 heavy (non-hydrogen) atoms. The van der Waals surface area contributed by atoms with E-state index in [4.69, 9.17) is 0 Å². The van der Waals surface area contributed by atoms with Crippen LogP contribution in [0.5, 0.6) is 0 Å². The molecule has 1 saturated carbocycles. The number of amides is 1. The topological polar surface area (TPSA) is 53.7 Å². The normalized spacial score (nSPS) is 19.4. The van der Waals surface area contributed by atoms with Gasteiger partial charge in [0.05, 0.1) is 0 Å². The standard InChI is InChI=1S/C19H27N5O/c1-3-22(2)19(25)17-18-20-9-6-16(24(18)13-21-17)15-7-10-23(11-8-15)12-14-4-5-14/h6,9,13-15H,3-5,7-8,10-12H2,1-2H3. The number of fused-ring (bicyclic) bond motifs is 1. The first-order valence-electron chi connectivity index (χ1n) is 9.47. The molecule has 2 aromatic heterocycles. The van der Waals surface area contributed by atoms with Crippen molar-refractivity contribution in [3.8, 4) is 0 Å². The average Bonchev–Trinajstić information content (AvgIpc) is 3.36. The van der Waals surface area contributed by atoms with E-state index in [1.54, 1.807) is 18.3 Å². The van der Waals surface area contributed by atoms with Crippen molar-refractivity contribution < 1.29 is 4.79 Å². The van der Waals surface area contributed by atoms with Gasteiger partial charge in [0.15, 0.2) is 11.3 Å². The predicted molar refractivity (Wildman–Crippen MR) is 96.8 cm³/mol. The Morgan fingerprint density at radius 3 is 2.68 bits per heavy atom. The molecule has 0 radical (unpaired) electrons. The van der Waals surface area contributed by atoms with E-state index in [9.17, 15) is 4.79 Å². The number of hydrogen-bond donors (Lipinski definition) is 0. The molecule has 0 aromatic carbocycles. The van der Waals surface area contributed by atoms with Gasteiger partial charge in [-0.25, -0.2) is 9.97 Å². The Kier molecular flexibility index (Phi) is 4.46. The molecule has 0 spiro atoms. The first-order chi connectivity index (χ1) is 12.2. The van der Waals surface area contributed by atoms with Gasteiger partial charge in [-0.05, 0) is 57.7 Å². The van der Waals surface area contributed by atoms with Crippen molar-refractivity contribution in [3.05, 3.63) is 30.0 Å². The fourth-order valence-electron chi connectivity index (χ4n) is 3.80. The Bertz CT molecular complexity index is 758. The van der Waals surface area contributed by atoms with E-state index in [1.807, 2.05) is 17.5 Å². The van der Waals surface area contributed by atoms with Crippen molar-refractivity contribution in [2.75, 3.05) is 33.2 Å². The van der Waals surface area contributed by atoms with Crippen LogP contribution in [-0.2, 0) is 0 Å². The lowest BCUT2D eigenvalue weighted by Gasteiger charge is -2.32. The van der Waals surface area contributed by atoms with Crippen molar-refractivity contribution in [1.82, 2.24) is 24.2 Å². The number of imidazole rings is 1. The molecule has 2 aliphatic rings. The van der Waals surface area contributed by atoms with Gasteiger partial charge in [0.1, 0.15) is 6.33 Å². The number of nitrogens with zero attached hydrogens (tertiary/aromatic N) is 5. The van der Waals surface area contributed by atoms with Crippen molar-refractivity contribution >= 4 is 11.6 Å². The molecule has 1 saturated heterocycles. The molecule has 6 heteroatoms. The lowest BCUT2D eigenvalue weighted by atomic mass is 9.93. The number of aromatic nitrogens is 3. The van der Waals surface area contributed by atoms with Crippen LogP contribution in [0.1, 0.15) is 54.7 Å². The van der Waals surface area contributed by atoms with Crippen molar-refractivity contribution in [1.29, 1.82) is 0 Å². The van der Waals surface area contributed by atoms with E-state index in [-0.39, 0.29) is 5.91 Å². The third-order valence-corrected chi connectivity index (χ3v) is 5.71. The average molecular weight is 341 g/mol. The van der Waals surface area contributed by atoms with Crippen LogP contribution in [0.15, 0.2) is 18.6 Å². The smallest absolute Gasteiger partial charge is 0.276 e. The van der Waals surface area contributed by atoms with Crippen LogP contribution in [0.3, 0.4) is 0 Å². The third kappa shape index (κ3) is 3.27. The van der Waals surface area contributed by atoms with Crippen LogP contribution in [0, 0.1) is 5.92 Å². The SMILES string of the molecule is CCN(C)C(=O)c1ncn2c(C3CCN(CC4CC4)CC3)ccnc12. The monoisotopic (exact) mass is 341 g/mol. The van der Waals surface area contributed by atoms with E-state index in [1.165, 1.54) is 51.0 Å². The van der Waals surface area contributed by atoms with Gasteiger partial charge in [-0.3, -0.25) is 9.20 Å². The maximum absolute atomic E-state index is 12.5. The zero-order valence-electron chi connectivity index (χ0n) is 15.2. The summed E-state index contributed by atoms with van der Waals surface area (Å²) in [4.78, 5) is 25.6. The summed E-state index contributed by atoms with van der Waals surface area (Å²) >= 11 is 0. The van der Waals surface area contributed by atoms with E-state index >= 15 is 0 Å². The highest BCUT2D eigenvalue weighted by Gasteiger charge is 2.28. The Morgan fingerprint density at radius 1 is 1.24 bits per heavy atom. The summed E-state index contributed by atoms with van der Waals surface area (Å²) in [5, 5.41) is 0. The summed E-state index contributed by atoms with van der Waals surface area (Å²) in [6.07, 6.45) is 8.77. The van der Waals surface area contributed by atoms with Gasteiger partial charge in [0, 0.05) is 37.9 Å². The van der Waals surface area contributed by atoms with Crippen LogP contribution >= 0.6 is 0 Å². The Balaban J connectivity index is 1.54. The Morgan fingerprint density at radius 2 is 2.00 bits per heavy atom. The van der Waals surface area contributed by atoms with Gasteiger partial charge >= 0.3 is 0 Å². The molecule has 6 nitrogen and oxygen atoms in total. The first-order valence-corrected chi connectivity index (χ1v) is 9.47. The van der Waals surface area contributed by atoms with Crippen molar-refractivity contribution in [2.24, 2.45) is 5.92 Å². The second-order valence-corrected chi connectivity index (χ2v) is 7.49. The van der Waals surface area contributed by atoms with Crippen LogP contribution in [0.25, 0.3) is 5.65 Å². The van der Waals surface area contributed by atoms with Crippen LogP contribution in [0.4, 0.5) is 0 Å². The quantitative estimate of drug-likeness (QED) is 0.838. The van der Waals surface area contributed by atoms with Gasteiger partial charge in [0.25, 0.3) is 5.91 Å². The highest BCUT2D eigenvalue weighted by atomic mass is 16.2. The van der Waals surface area contributed by atoms with E-state index in [0.29, 0.717) is 23.8 Å². The van der Waals surface area contributed by atoms with Crippen molar-refractivity contribution in [3.63, 3.8) is 0 Å². The number of hydrogen-bond acceptors (Lipinski definition) is 4. The van der Waals surface area contributed by atoms with E-state index in [2.05, 4.69) is 20.9 Å². The summed E-state index contributed by atoms with van der Waals surface area (Å²) in [6, 6.07) is 2.09.